The Morgan fingerprint density at radius 3 is 1.72 bits per heavy atom. The van der Waals surface area contributed by atoms with Crippen LogP contribution < -0.4 is 0 Å². The lowest BCUT2D eigenvalue weighted by atomic mass is 9.98. The van der Waals surface area contributed by atoms with Crippen molar-refractivity contribution in [3.8, 4) is 22.3 Å². The molecule has 1 heteroatoms. The van der Waals surface area contributed by atoms with Gasteiger partial charge in [-0.1, -0.05) is 60.7 Å². The Morgan fingerprint density at radius 1 is 0.556 bits per heavy atom. The van der Waals surface area contributed by atoms with E-state index in [9.17, 15) is 0 Å². The summed E-state index contributed by atoms with van der Waals surface area (Å²) in [5, 5.41) is 4.35. The number of rotatable bonds is 2. The van der Waals surface area contributed by atoms with Gasteiger partial charge in [-0.3, -0.25) is 0 Å². The molecule has 0 unspecified atom stereocenters. The molecule has 0 saturated heterocycles. The van der Waals surface area contributed by atoms with E-state index < -0.39 is 0 Å². The summed E-state index contributed by atoms with van der Waals surface area (Å²) in [5.41, 5.74) is 5.13. The molecule has 0 fully saturated rings. The van der Waals surface area contributed by atoms with Crippen molar-refractivity contribution >= 4 is 11.3 Å². The third kappa shape index (κ3) is 2.18. The molecule has 0 aliphatic rings. The highest BCUT2D eigenvalue weighted by atomic mass is 32.1. The zero-order valence-corrected chi connectivity index (χ0v) is 10.7. The molecule has 2 aromatic carbocycles. The fraction of sp³-hybridized carbons (Fsp3) is 0. The van der Waals surface area contributed by atoms with Crippen LogP contribution in [0.4, 0.5) is 0 Å². The van der Waals surface area contributed by atoms with Crippen molar-refractivity contribution in [2.45, 2.75) is 0 Å². The summed E-state index contributed by atoms with van der Waals surface area (Å²) in [6.45, 7) is 0. The summed E-state index contributed by atoms with van der Waals surface area (Å²) >= 11 is 1.73. The van der Waals surface area contributed by atoms with Crippen LogP contribution >= 0.6 is 11.3 Å². The molecule has 0 aliphatic carbocycles. The van der Waals surface area contributed by atoms with Crippen molar-refractivity contribution in [1.29, 1.82) is 0 Å². The van der Waals surface area contributed by atoms with Gasteiger partial charge in [0.2, 0.25) is 16.7 Å². The summed E-state index contributed by atoms with van der Waals surface area (Å²) in [6.07, 6.45) is 0. The quantitative estimate of drug-likeness (QED) is 0.536. The molecule has 0 N–H and O–H groups in total. The van der Waals surface area contributed by atoms with Gasteiger partial charge in [-0.15, -0.1) is 0 Å². The van der Waals surface area contributed by atoms with Crippen LogP contribution in [-0.2, 0) is 0 Å². The SMILES string of the molecule is c1ccc(-c2cc[s+]cc2-c2ccccc2)cc1. The standard InChI is InChI=1S/C17H13S/c1-3-7-14(8-4-1)16-11-12-18-13-17(16)15-9-5-2-6-10-15/h1-13H/q+1. The first kappa shape index (κ1) is 11.1. The van der Waals surface area contributed by atoms with E-state index in [-0.39, 0.29) is 0 Å². The summed E-state index contributed by atoms with van der Waals surface area (Å²) in [4.78, 5) is 0. The lowest BCUT2D eigenvalue weighted by molar-refractivity contribution is 1.62. The molecule has 18 heavy (non-hydrogen) atoms. The smallest absolute Gasteiger partial charge is 0.0622 e. The zero-order chi connectivity index (χ0) is 12.2. The largest absolute Gasteiger partial charge is 0.212 e. The van der Waals surface area contributed by atoms with Crippen LogP contribution in [0.5, 0.6) is 0 Å². The molecular weight excluding hydrogens is 236 g/mol. The Morgan fingerprint density at radius 2 is 1.11 bits per heavy atom. The van der Waals surface area contributed by atoms with Gasteiger partial charge in [-0.25, -0.2) is 0 Å². The summed E-state index contributed by atoms with van der Waals surface area (Å²) < 4.78 is 0. The van der Waals surface area contributed by atoms with E-state index >= 15 is 0 Å². The van der Waals surface area contributed by atoms with Crippen molar-refractivity contribution < 1.29 is 0 Å². The second-order valence-electron chi connectivity index (χ2n) is 4.12. The zero-order valence-electron chi connectivity index (χ0n) is 9.91. The third-order valence-corrected chi connectivity index (χ3v) is 3.62. The van der Waals surface area contributed by atoms with E-state index in [0.717, 1.165) is 0 Å². The Labute approximate surface area is 111 Å². The second-order valence-corrected chi connectivity index (χ2v) is 4.90. The predicted octanol–water partition coefficient (Wildman–Crippen LogP) is 5.36. The van der Waals surface area contributed by atoms with Crippen LogP contribution in [0.2, 0.25) is 0 Å². The average Bonchev–Trinajstić information content (AvgIpc) is 2.49. The molecular formula is C17H13S+. The van der Waals surface area contributed by atoms with Crippen LogP contribution in [-0.4, -0.2) is 0 Å². The normalized spacial score (nSPS) is 10.2. The Bertz CT molecular complexity index is 572. The second kappa shape index (κ2) is 5.11. The van der Waals surface area contributed by atoms with Crippen molar-refractivity contribution in [2.24, 2.45) is 0 Å². The third-order valence-electron chi connectivity index (χ3n) is 2.96. The van der Waals surface area contributed by atoms with Gasteiger partial charge in [-0.05, 0) is 16.7 Å². The van der Waals surface area contributed by atoms with E-state index in [1.165, 1.54) is 22.3 Å². The van der Waals surface area contributed by atoms with E-state index in [1.54, 1.807) is 11.3 Å². The summed E-state index contributed by atoms with van der Waals surface area (Å²) in [7, 11) is 0. The molecule has 0 atom stereocenters. The van der Waals surface area contributed by atoms with Gasteiger partial charge in [0, 0.05) is 11.6 Å². The van der Waals surface area contributed by atoms with Crippen LogP contribution in [0.25, 0.3) is 22.3 Å². The highest BCUT2D eigenvalue weighted by Crippen LogP contribution is 2.32. The monoisotopic (exact) mass is 249 g/mol. The first-order chi connectivity index (χ1) is 8.95. The van der Waals surface area contributed by atoms with Gasteiger partial charge in [0.1, 0.15) is 0 Å². The molecule has 0 bridgehead atoms. The van der Waals surface area contributed by atoms with Crippen molar-refractivity contribution in [3.05, 3.63) is 77.5 Å². The van der Waals surface area contributed by atoms with Crippen LogP contribution in [0.15, 0.2) is 77.5 Å². The molecule has 0 saturated carbocycles. The molecule has 3 aromatic rings. The molecule has 0 amide bonds. The fourth-order valence-electron chi connectivity index (χ4n) is 2.08. The maximum absolute atomic E-state index is 2.22. The maximum atomic E-state index is 2.22. The van der Waals surface area contributed by atoms with Gasteiger partial charge in [0.05, 0.1) is 0 Å². The van der Waals surface area contributed by atoms with Crippen LogP contribution in [0, 0.1) is 0 Å². The molecule has 86 valence electrons. The van der Waals surface area contributed by atoms with E-state index in [0.29, 0.717) is 0 Å². The Kier molecular flexibility index (Phi) is 3.16. The van der Waals surface area contributed by atoms with Gasteiger partial charge in [0.15, 0.2) is 5.38 Å². The average molecular weight is 249 g/mol. The highest BCUT2D eigenvalue weighted by Gasteiger charge is 2.10. The van der Waals surface area contributed by atoms with Gasteiger partial charge >= 0.3 is 0 Å². The Hall–Kier alpha value is -1.99. The molecule has 1 heterocycles. The minimum absolute atomic E-state index is 1.27. The first-order valence-corrected chi connectivity index (χ1v) is 6.90. The van der Waals surface area contributed by atoms with Crippen LogP contribution in [0.1, 0.15) is 0 Å². The van der Waals surface area contributed by atoms with Gasteiger partial charge < -0.3 is 0 Å². The molecule has 0 spiro atoms. The lowest BCUT2D eigenvalue weighted by Gasteiger charge is -2.05. The van der Waals surface area contributed by atoms with Crippen molar-refractivity contribution in [1.82, 2.24) is 0 Å². The molecule has 1 aromatic heterocycles. The van der Waals surface area contributed by atoms with E-state index in [4.69, 9.17) is 0 Å². The number of hydrogen-bond donors (Lipinski definition) is 0. The summed E-state index contributed by atoms with van der Waals surface area (Å²) in [5.74, 6) is 0. The number of hydrogen-bond acceptors (Lipinski definition) is 0. The molecule has 0 radical (unpaired) electrons. The topological polar surface area (TPSA) is 0 Å². The van der Waals surface area contributed by atoms with Crippen molar-refractivity contribution in [2.75, 3.05) is 0 Å². The van der Waals surface area contributed by atoms with Crippen LogP contribution in [0.3, 0.4) is 0 Å². The van der Waals surface area contributed by atoms with Gasteiger partial charge in [-0.2, -0.15) is 0 Å². The minimum Gasteiger partial charge on any atom is -0.0622 e. The maximum Gasteiger partial charge on any atom is 0.212 e. The molecule has 3 rings (SSSR count). The van der Waals surface area contributed by atoms with Crippen molar-refractivity contribution in [3.63, 3.8) is 0 Å². The highest BCUT2D eigenvalue weighted by molar-refractivity contribution is 7.07. The lowest BCUT2D eigenvalue weighted by Crippen LogP contribution is -1.82. The number of benzene rings is 2. The minimum atomic E-state index is 1.27. The predicted molar refractivity (Wildman–Crippen MR) is 79.6 cm³/mol. The van der Waals surface area contributed by atoms with Gasteiger partial charge in [0.25, 0.3) is 0 Å². The molecule has 0 nitrogen and oxygen atoms in total. The Balaban J connectivity index is 2.18. The first-order valence-electron chi connectivity index (χ1n) is 5.95. The van der Waals surface area contributed by atoms with E-state index in [2.05, 4.69) is 77.5 Å². The summed E-state index contributed by atoms with van der Waals surface area (Å²) in [6, 6.07) is 23.3. The molecule has 0 aliphatic heterocycles. The van der Waals surface area contributed by atoms with E-state index in [1.807, 2.05) is 0 Å². The fourth-order valence-corrected chi connectivity index (χ4v) is 2.77.